The van der Waals surface area contributed by atoms with E-state index in [1.165, 1.54) is 17.9 Å². The predicted molar refractivity (Wildman–Crippen MR) is 137 cm³/mol. The first-order valence-electron chi connectivity index (χ1n) is 12.1. The molecule has 3 heterocycles. The Balaban J connectivity index is 1.40. The third-order valence-electron chi connectivity index (χ3n) is 6.78. The maximum Gasteiger partial charge on any atom is 0.254 e. The number of nitrogens with zero attached hydrogens (tertiary/aromatic N) is 5. The van der Waals surface area contributed by atoms with Crippen molar-refractivity contribution in [3.8, 4) is 11.8 Å². The molecule has 2 amide bonds. The van der Waals surface area contributed by atoms with Gasteiger partial charge in [0.15, 0.2) is 23.8 Å². The van der Waals surface area contributed by atoms with Crippen LogP contribution in [-0.2, 0) is 9.53 Å². The Morgan fingerprint density at radius 3 is 2.63 bits per heavy atom. The van der Waals surface area contributed by atoms with E-state index in [1.54, 1.807) is 29.2 Å². The molecule has 198 valence electrons. The number of fused-ring (bicyclic) bond motifs is 1. The minimum Gasteiger partial charge on any atom is -0.387 e. The van der Waals surface area contributed by atoms with Crippen molar-refractivity contribution in [2.24, 2.45) is 0 Å². The summed E-state index contributed by atoms with van der Waals surface area (Å²) >= 11 is 5.96. The molecule has 0 spiro atoms. The van der Waals surface area contributed by atoms with Gasteiger partial charge < -0.3 is 30.9 Å². The highest BCUT2D eigenvalue weighted by Crippen LogP contribution is 2.32. The van der Waals surface area contributed by atoms with E-state index in [0.29, 0.717) is 10.6 Å². The van der Waals surface area contributed by atoms with Gasteiger partial charge in [-0.05, 0) is 49.4 Å². The van der Waals surface area contributed by atoms with Gasteiger partial charge in [0.25, 0.3) is 11.8 Å². The van der Waals surface area contributed by atoms with E-state index in [2.05, 4.69) is 32.1 Å². The summed E-state index contributed by atoms with van der Waals surface area (Å²) in [7, 11) is 1.40. The molecule has 2 unspecified atom stereocenters. The van der Waals surface area contributed by atoms with Gasteiger partial charge in [-0.3, -0.25) is 14.2 Å². The first kappa shape index (κ1) is 25.9. The third-order valence-corrected chi connectivity index (χ3v) is 7.03. The topological polar surface area (TPSA) is 169 Å². The summed E-state index contributed by atoms with van der Waals surface area (Å²) in [5, 5.41) is 23.8. The first-order chi connectivity index (χ1) is 18.3. The molecule has 12 nitrogen and oxygen atoms in total. The maximum atomic E-state index is 13.1. The predicted octanol–water partition coefficient (Wildman–Crippen LogP) is 0.473. The van der Waals surface area contributed by atoms with Crippen molar-refractivity contribution in [1.82, 2.24) is 29.7 Å². The Bertz CT molecular complexity index is 1430. The second-order valence-electron chi connectivity index (χ2n) is 9.13. The van der Waals surface area contributed by atoms with Crippen LogP contribution in [0.2, 0.25) is 5.02 Å². The van der Waals surface area contributed by atoms with Crippen molar-refractivity contribution in [3.05, 3.63) is 47.0 Å². The van der Waals surface area contributed by atoms with E-state index in [-0.39, 0.29) is 41.3 Å². The number of likely N-dealkylation sites (N-methyl/N-ethyl adjacent to an activating group) is 1. The van der Waals surface area contributed by atoms with Crippen molar-refractivity contribution in [2.45, 2.75) is 49.8 Å². The Hall–Kier alpha value is -3.76. The quantitative estimate of drug-likeness (QED) is 0.337. The van der Waals surface area contributed by atoms with Crippen LogP contribution in [0.15, 0.2) is 30.6 Å². The minimum absolute atomic E-state index is 0.0574. The number of hydrogen-bond acceptors (Lipinski definition) is 9. The Morgan fingerprint density at radius 1 is 1.24 bits per heavy atom. The van der Waals surface area contributed by atoms with Crippen molar-refractivity contribution in [3.63, 3.8) is 0 Å². The van der Waals surface area contributed by atoms with Gasteiger partial charge in [-0.1, -0.05) is 17.5 Å². The summed E-state index contributed by atoms with van der Waals surface area (Å²) in [6.45, 7) is 0.164. The molecule has 1 aliphatic carbocycles. The van der Waals surface area contributed by atoms with E-state index in [4.69, 9.17) is 22.1 Å². The number of nitrogens with one attached hydrogen (secondary N) is 1. The summed E-state index contributed by atoms with van der Waals surface area (Å²) in [5.41, 5.74) is 7.08. The molecule has 2 aliphatic rings. The molecule has 3 aromatic rings. The lowest BCUT2D eigenvalue weighted by molar-refractivity contribution is -0.137. The second kappa shape index (κ2) is 10.5. The number of nitrogen functional groups attached to an aromatic ring is 1. The molecule has 1 aromatic carbocycles. The number of amides is 2. The SMILES string of the molecule is CNC(=O)C1OC(n2cnc3c(N)nc(C#CCN(C(=O)c4ccc(Cl)cc4)C4CCC4)nc32)[C@H](O)[C@@H]1O. The Kier molecular flexibility index (Phi) is 7.18. The second-order valence-corrected chi connectivity index (χ2v) is 9.56. The first-order valence-corrected chi connectivity index (χ1v) is 12.4. The number of carbonyl (C=O) groups excluding carboxylic acids is 2. The van der Waals surface area contributed by atoms with Gasteiger partial charge in [0, 0.05) is 23.7 Å². The number of ether oxygens (including phenoxy) is 1. The van der Waals surface area contributed by atoms with Crippen LogP contribution in [-0.4, -0.2) is 84.4 Å². The molecule has 1 saturated heterocycles. The van der Waals surface area contributed by atoms with Crippen LogP contribution in [0.5, 0.6) is 0 Å². The number of aromatic nitrogens is 4. The van der Waals surface area contributed by atoms with E-state index in [1.807, 2.05) is 0 Å². The number of anilines is 1. The molecule has 13 heteroatoms. The number of carbonyl (C=O) groups is 2. The molecule has 4 atom stereocenters. The zero-order chi connectivity index (χ0) is 27.0. The fourth-order valence-electron chi connectivity index (χ4n) is 4.46. The smallest absolute Gasteiger partial charge is 0.254 e. The molecule has 0 bridgehead atoms. The molecule has 1 saturated carbocycles. The van der Waals surface area contributed by atoms with Gasteiger partial charge in [0.05, 0.1) is 12.9 Å². The molecule has 1 aliphatic heterocycles. The lowest BCUT2D eigenvalue weighted by atomic mass is 9.91. The molecule has 5 N–H and O–H groups in total. The van der Waals surface area contributed by atoms with E-state index in [0.717, 1.165) is 19.3 Å². The van der Waals surface area contributed by atoms with E-state index < -0.39 is 30.4 Å². The van der Waals surface area contributed by atoms with Crippen molar-refractivity contribution in [1.29, 1.82) is 0 Å². The average molecular weight is 540 g/mol. The van der Waals surface area contributed by atoms with Crippen LogP contribution in [0.3, 0.4) is 0 Å². The summed E-state index contributed by atoms with van der Waals surface area (Å²) in [4.78, 5) is 39.7. The standard InChI is InChI=1S/C25H26ClN7O5/c1-28-23(36)20-18(34)19(35)25(38-20)33-12-29-17-21(27)30-16(31-22(17)33)6-3-11-32(15-4-2-5-15)24(37)13-7-9-14(26)10-8-13/h7-10,12,15,18-20,25,34-35H,2,4-5,11H2,1H3,(H,28,36)(H2,27,30,31)/t18-,19+,20?,25?/m0/s1. The maximum absolute atomic E-state index is 13.1. The lowest BCUT2D eigenvalue weighted by Crippen LogP contribution is -2.44. The molecular formula is C25H26ClN7O5. The Morgan fingerprint density at radius 2 is 1.97 bits per heavy atom. The number of benzene rings is 1. The molecule has 38 heavy (non-hydrogen) atoms. The zero-order valence-corrected chi connectivity index (χ0v) is 21.2. The number of hydrogen-bond donors (Lipinski definition) is 4. The Labute approximate surface area is 222 Å². The van der Waals surface area contributed by atoms with Crippen LogP contribution < -0.4 is 11.1 Å². The number of nitrogens with two attached hydrogens (primary N) is 1. The largest absolute Gasteiger partial charge is 0.387 e. The van der Waals surface area contributed by atoms with Crippen LogP contribution >= 0.6 is 11.6 Å². The van der Waals surface area contributed by atoms with Crippen molar-refractivity contribution >= 4 is 40.4 Å². The van der Waals surface area contributed by atoms with Gasteiger partial charge in [-0.25, -0.2) is 15.0 Å². The molecule has 2 fully saturated rings. The normalized spacial score (nSPS) is 22.9. The van der Waals surface area contributed by atoms with E-state index >= 15 is 0 Å². The van der Waals surface area contributed by atoms with Crippen LogP contribution in [0.25, 0.3) is 11.2 Å². The summed E-state index contributed by atoms with van der Waals surface area (Å²) in [6.07, 6.45) is -1.09. The molecule has 2 aromatic heterocycles. The molecular weight excluding hydrogens is 514 g/mol. The van der Waals surface area contributed by atoms with Crippen molar-refractivity contribution < 1.29 is 24.5 Å². The minimum atomic E-state index is -1.45. The van der Waals surface area contributed by atoms with Crippen LogP contribution in [0, 0.1) is 11.8 Å². The van der Waals surface area contributed by atoms with Gasteiger partial charge in [-0.15, -0.1) is 0 Å². The van der Waals surface area contributed by atoms with Crippen LogP contribution in [0.4, 0.5) is 5.82 Å². The fraction of sp³-hybridized carbons (Fsp3) is 0.400. The zero-order valence-electron chi connectivity index (χ0n) is 20.4. The highest BCUT2D eigenvalue weighted by molar-refractivity contribution is 6.30. The van der Waals surface area contributed by atoms with Gasteiger partial charge in [0.1, 0.15) is 17.7 Å². The van der Waals surface area contributed by atoms with E-state index in [9.17, 15) is 19.8 Å². The summed E-state index contributed by atoms with van der Waals surface area (Å²) in [5.74, 6) is 5.27. The molecule has 5 rings (SSSR count). The monoisotopic (exact) mass is 539 g/mol. The summed E-state index contributed by atoms with van der Waals surface area (Å²) < 4.78 is 7.00. The highest BCUT2D eigenvalue weighted by atomic mass is 35.5. The molecule has 0 radical (unpaired) electrons. The number of halogens is 1. The average Bonchev–Trinajstić information content (AvgIpc) is 3.43. The number of aliphatic hydroxyl groups excluding tert-OH is 2. The number of imidazole rings is 1. The summed E-state index contributed by atoms with van der Waals surface area (Å²) in [6, 6.07) is 6.83. The number of rotatable bonds is 5. The fourth-order valence-corrected chi connectivity index (χ4v) is 4.58. The van der Waals surface area contributed by atoms with Gasteiger partial charge >= 0.3 is 0 Å². The highest BCUT2D eigenvalue weighted by Gasteiger charge is 2.47. The lowest BCUT2D eigenvalue weighted by Gasteiger charge is -2.36. The van der Waals surface area contributed by atoms with Gasteiger partial charge in [-0.2, -0.15) is 0 Å². The van der Waals surface area contributed by atoms with Crippen LogP contribution in [0.1, 0.15) is 41.7 Å². The number of aliphatic hydroxyl groups is 2. The third kappa shape index (κ3) is 4.77. The van der Waals surface area contributed by atoms with Gasteiger partial charge in [0.2, 0.25) is 5.82 Å². The van der Waals surface area contributed by atoms with Crippen molar-refractivity contribution in [2.75, 3.05) is 19.3 Å².